The Kier molecular flexibility index (Phi) is 6.07. The normalized spacial score (nSPS) is 15.9. The van der Waals surface area contributed by atoms with Gasteiger partial charge in [-0.15, -0.1) is 0 Å². The van der Waals surface area contributed by atoms with Gasteiger partial charge < -0.3 is 4.90 Å². The zero-order valence-electron chi connectivity index (χ0n) is 16.7. The molecule has 0 aliphatic carbocycles. The highest BCUT2D eigenvalue weighted by Gasteiger charge is 2.23. The van der Waals surface area contributed by atoms with Gasteiger partial charge in [-0.25, -0.2) is 4.68 Å². The number of benzene rings is 1. The molecule has 0 atom stereocenters. The van der Waals surface area contributed by atoms with Gasteiger partial charge in [0.15, 0.2) is 0 Å². The third-order valence-corrected chi connectivity index (χ3v) is 5.31. The summed E-state index contributed by atoms with van der Waals surface area (Å²) >= 11 is 6.43. The monoisotopic (exact) mass is 399 g/mol. The maximum Gasteiger partial charge on any atom is 0.288 e. The van der Waals surface area contributed by atoms with Crippen LogP contribution in [0.2, 0.25) is 5.02 Å². The van der Waals surface area contributed by atoms with E-state index in [0.717, 1.165) is 39.1 Å². The second kappa shape index (κ2) is 8.34. The lowest BCUT2D eigenvalue weighted by Gasteiger charge is -2.26. The van der Waals surface area contributed by atoms with Crippen molar-refractivity contribution in [1.82, 2.24) is 14.7 Å². The summed E-state index contributed by atoms with van der Waals surface area (Å²) in [5.41, 5.74) is 1.94. The Morgan fingerprint density at radius 2 is 1.86 bits per heavy atom. The highest BCUT2D eigenvalue weighted by molar-refractivity contribution is 6.33. The molecular formula is C21H26ClN5O. The smallest absolute Gasteiger partial charge is 0.288 e. The molecule has 7 heteroatoms. The van der Waals surface area contributed by atoms with E-state index in [1.165, 1.54) is 10.2 Å². The van der Waals surface area contributed by atoms with Gasteiger partial charge in [0.1, 0.15) is 5.02 Å². The quantitative estimate of drug-likeness (QED) is 0.792. The van der Waals surface area contributed by atoms with Gasteiger partial charge in [-0.3, -0.25) is 9.69 Å². The maximum absolute atomic E-state index is 12.6. The fourth-order valence-corrected chi connectivity index (χ4v) is 3.68. The van der Waals surface area contributed by atoms with Crippen LogP contribution in [-0.4, -0.2) is 40.9 Å². The minimum absolute atomic E-state index is 0.241. The number of nitriles is 1. The molecule has 1 fully saturated rings. The van der Waals surface area contributed by atoms with Crippen LogP contribution >= 0.6 is 11.6 Å². The van der Waals surface area contributed by atoms with Gasteiger partial charge >= 0.3 is 0 Å². The van der Waals surface area contributed by atoms with Crippen molar-refractivity contribution in [2.75, 3.05) is 31.1 Å². The van der Waals surface area contributed by atoms with Gasteiger partial charge in [0.25, 0.3) is 5.56 Å². The van der Waals surface area contributed by atoms with Gasteiger partial charge in [-0.1, -0.05) is 23.7 Å². The lowest BCUT2D eigenvalue weighted by molar-refractivity contribution is 0.285. The van der Waals surface area contributed by atoms with Crippen molar-refractivity contribution in [2.45, 2.75) is 39.3 Å². The Labute approximate surface area is 170 Å². The lowest BCUT2D eigenvalue weighted by Crippen LogP contribution is -2.38. The first-order chi connectivity index (χ1) is 13.3. The largest absolute Gasteiger partial charge is 0.368 e. The Morgan fingerprint density at radius 3 is 2.50 bits per heavy atom. The second-order valence-corrected chi connectivity index (χ2v) is 8.54. The van der Waals surface area contributed by atoms with Crippen LogP contribution < -0.4 is 10.5 Å². The molecule has 0 spiro atoms. The molecule has 1 aliphatic heterocycles. The van der Waals surface area contributed by atoms with E-state index < -0.39 is 5.54 Å². The van der Waals surface area contributed by atoms with Gasteiger partial charge in [-0.05, 0) is 44.9 Å². The summed E-state index contributed by atoms with van der Waals surface area (Å²) in [6.45, 7) is 10.1. The first-order valence-corrected chi connectivity index (χ1v) is 9.92. The molecule has 2 aromatic rings. The van der Waals surface area contributed by atoms with Gasteiger partial charge in [0.05, 0.1) is 29.1 Å². The van der Waals surface area contributed by atoms with Crippen LogP contribution in [0.1, 0.15) is 38.3 Å². The maximum atomic E-state index is 12.6. The second-order valence-electron chi connectivity index (χ2n) is 8.16. The van der Waals surface area contributed by atoms with E-state index in [9.17, 15) is 4.79 Å². The van der Waals surface area contributed by atoms with Crippen LogP contribution in [-0.2, 0) is 12.1 Å². The average molecular weight is 400 g/mol. The molecule has 3 rings (SSSR count). The topological polar surface area (TPSA) is 65.2 Å². The zero-order valence-corrected chi connectivity index (χ0v) is 17.4. The van der Waals surface area contributed by atoms with E-state index >= 15 is 0 Å². The molecule has 0 saturated carbocycles. The van der Waals surface area contributed by atoms with Crippen molar-refractivity contribution in [2.24, 2.45) is 0 Å². The molecule has 1 aromatic heterocycles. The average Bonchev–Trinajstić information content (AvgIpc) is 2.89. The highest BCUT2D eigenvalue weighted by atomic mass is 35.5. The summed E-state index contributed by atoms with van der Waals surface area (Å²) in [5.74, 6) is 0. The predicted octanol–water partition coefficient (Wildman–Crippen LogP) is 3.24. The van der Waals surface area contributed by atoms with Crippen molar-refractivity contribution in [3.05, 3.63) is 57.0 Å². The van der Waals surface area contributed by atoms with Gasteiger partial charge in [0, 0.05) is 32.7 Å². The van der Waals surface area contributed by atoms with E-state index in [1.807, 2.05) is 45.0 Å². The number of rotatable bonds is 3. The van der Waals surface area contributed by atoms with Crippen LogP contribution in [0, 0.1) is 11.3 Å². The number of hydrogen-bond donors (Lipinski definition) is 0. The standard InChI is InChI=1S/C21H26ClN5O/c1-21(2,3)27-20(28)19(22)18(14-24-27)26-10-4-9-25(11-12-26)15-17-7-5-16(13-23)6-8-17/h5-8,14H,4,9-12,15H2,1-3H3. The predicted molar refractivity (Wildman–Crippen MR) is 112 cm³/mol. The first kappa shape index (κ1) is 20.4. The number of anilines is 1. The Hall–Kier alpha value is -2.36. The van der Waals surface area contributed by atoms with Crippen molar-refractivity contribution in [3.8, 4) is 6.07 Å². The highest BCUT2D eigenvalue weighted by Crippen LogP contribution is 2.24. The molecule has 0 N–H and O–H groups in total. The molecular weight excluding hydrogens is 374 g/mol. The van der Waals surface area contributed by atoms with Gasteiger partial charge in [-0.2, -0.15) is 10.4 Å². The lowest BCUT2D eigenvalue weighted by atomic mass is 10.1. The zero-order chi connectivity index (χ0) is 20.3. The van der Waals surface area contributed by atoms with E-state index in [0.29, 0.717) is 11.3 Å². The summed E-state index contributed by atoms with van der Waals surface area (Å²) in [4.78, 5) is 17.2. The fraction of sp³-hybridized carbons (Fsp3) is 0.476. The van der Waals surface area contributed by atoms with E-state index in [1.54, 1.807) is 6.20 Å². The summed E-state index contributed by atoms with van der Waals surface area (Å²) in [6, 6.07) is 9.88. The van der Waals surface area contributed by atoms with Crippen molar-refractivity contribution in [1.29, 1.82) is 5.26 Å². The molecule has 6 nitrogen and oxygen atoms in total. The third-order valence-electron chi connectivity index (χ3n) is 4.95. The minimum atomic E-state index is -0.407. The fourth-order valence-electron chi connectivity index (χ4n) is 3.44. The Morgan fingerprint density at radius 1 is 1.14 bits per heavy atom. The molecule has 2 heterocycles. The molecule has 28 heavy (non-hydrogen) atoms. The van der Waals surface area contributed by atoms with Crippen LogP contribution in [0.25, 0.3) is 0 Å². The number of hydrogen-bond acceptors (Lipinski definition) is 5. The SMILES string of the molecule is CC(C)(C)n1ncc(N2CCCN(Cc3ccc(C#N)cc3)CC2)c(Cl)c1=O. The Balaban J connectivity index is 1.70. The van der Waals surface area contributed by atoms with E-state index in [-0.39, 0.29) is 10.6 Å². The van der Waals surface area contributed by atoms with E-state index in [4.69, 9.17) is 16.9 Å². The van der Waals surface area contributed by atoms with Crippen LogP contribution in [0.5, 0.6) is 0 Å². The molecule has 148 valence electrons. The van der Waals surface area contributed by atoms with Crippen molar-refractivity contribution >= 4 is 17.3 Å². The van der Waals surface area contributed by atoms with Crippen molar-refractivity contribution < 1.29 is 0 Å². The van der Waals surface area contributed by atoms with Crippen molar-refractivity contribution in [3.63, 3.8) is 0 Å². The summed E-state index contributed by atoms with van der Waals surface area (Å²) in [5, 5.41) is 13.5. The van der Waals surface area contributed by atoms with Crippen LogP contribution in [0.15, 0.2) is 35.3 Å². The third kappa shape index (κ3) is 4.54. The summed E-state index contributed by atoms with van der Waals surface area (Å²) in [7, 11) is 0. The van der Waals surface area contributed by atoms with Gasteiger partial charge in [0.2, 0.25) is 0 Å². The molecule has 0 amide bonds. The molecule has 1 saturated heterocycles. The number of halogens is 1. The minimum Gasteiger partial charge on any atom is -0.368 e. The van der Waals surface area contributed by atoms with Crippen LogP contribution in [0.4, 0.5) is 5.69 Å². The van der Waals surface area contributed by atoms with Crippen LogP contribution in [0.3, 0.4) is 0 Å². The molecule has 1 aromatic carbocycles. The first-order valence-electron chi connectivity index (χ1n) is 9.54. The molecule has 0 unspecified atom stereocenters. The molecule has 0 radical (unpaired) electrons. The molecule has 1 aliphatic rings. The summed E-state index contributed by atoms with van der Waals surface area (Å²) < 4.78 is 1.44. The van der Waals surface area contributed by atoms with E-state index in [2.05, 4.69) is 21.0 Å². The number of aromatic nitrogens is 2. The summed E-state index contributed by atoms with van der Waals surface area (Å²) in [6.07, 6.45) is 2.69. The number of nitrogens with zero attached hydrogens (tertiary/aromatic N) is 5. The Bertz CT molecular complexity index is 924. The molecule has 0 bridgehead atoms.